The highest BCUT2D eigenvalue weighted by atomic mass is 19.1. The van der Waals surface area contributed by atoms with Crippen molar-refractivity contribution in [3.05, 3.63) is 35.1 Å². The van der Waals surface area contributed by atoms with Gasteiger partial charge in [-0.3, -0.25) is 0 Å². The van der Waals surface area contributed by atoms with Gasteiger partial charge in [-0.2, -0.15) is 0 Å². The van der Waals surface area contributed by atoms with Crippen molar-refractivity contribution in [2.75, 3.05) is 20.1 Å². The van der Waals surface area contributed by atoms with Crippen LogP contribution in [-0.2, 0) is 13.1 Å². The summed E-state index contributed by atoms with van der Waals surface area (Å²) in [6, 6.07) is 5.48. The van der Waals surface area contributed by atoms with Crippen LogP contribution in [0.25, 0.3) is 0 Å². The Morgan fingerprint density at radius 1 is 1.30 bits per heavy atom. The Morgan fingerprint density at radius 3 is 2.75 bits per heavy atom. The van der Waals surface area contributed by atoms with Gasteiger partial charge in [0.05, 0.1) is 0 Å². The van der Waals surface area contributed by atoms with E-state index in [9.17, 15) is 4.39 Å². The Kier molecular flexibility index (Phi) is 5.99. The second kappa shape index (κ2) is 7.75. The molecule has 112 valence electrons. The summed E-state index contributed by atoms with van der Waals surface area (Å²) in [7, 11) is 2.11. The van der Waals surface area contributed by atoms with Crippen LogP contribution in [0.5, 0.6) is 0 Å². The van der Waals surface area contributed by atoms with Crippen molar-refractivity contribution in [1.29, 1.82) is 0 Å². The molecule has 0 amide bonds. The first-order chi connectivity index (χ1) is 9.69. The van der Waals surface area contributed by atoms with E-state index in [1.807, 2.05) is 12.1 Å². The number of hydrogen-bond acceptors (Lipinski definition) is 2. The smallest absolute Gasteiger partial charge is 0.127 e. The van der Waals surface area contributed by atoms with E-state index in [-0.39, 0.29) is 5.82 Å². The maximum atomic E-state index is 13.9. The highest BCUT2D eigenvalue weighted by Crippen LogP contribution is 2.25. The molecule has 2 rings (SSSR count). The van der Waals surface area contributed by atoms with E-state index in [1.165, 1.54) is 25.7 Å². The molecule has 1 aromatic carbocycles. The molecule has 1 N–H and O–H groups in total. The standard InChI is InChI=1S/C17H27FN2/c1-3-19-11-15-8-9-17(18)16(10-15)13-20(2)12-14-6-4-5-7-14/h8-10,14,19H,3-7,11-13H2,1-2H3. The fourth-order valence-corrected chi connectivity index (χ4v) is 3.12. The minimum absolute atomic E-state index is 0.0801. The van der Waals surface area contributed by atoms with Gasteiger partial charge in [-0.25, -0.2) is 4.39 Å². The van der Waals surface area contributed by atoms with Crippen LogP contribution in [0.3, 0.4) is 0 Å². The molecule has 1 aliphatic rings. The summed E-state index contributed by atoms with van der Waals surface area (Å²) in [5, 5.41) is 3.29. The minimum Gasteiger partial charge on any atom is -0.313 e. The van der Waals surface area contributed by atoms with Crippen LogP contribution in [0.1, 0.15) is 43.7 Å². The highest BCUT2D eigenvalue weighted by Gasteiger charge is 2.17. The lowest BCUT2D eigenvalue weighted by atomic mass is 10.1. The third kappa shape index (κ3) is 4.57. The van der Waals surface area contributed by atoms with Gasteiger partial charge in [-0.1, -0.05) is 31.9 Å². The van der Waals surface area contributed by atoms with E-state index in [0.29, 0.717) is 6.54 Å². The molecule has 20 heavy (non-hydrogen) atoms. The van der Waals surface area contributed by atoms with Crippen molar-refractivity contribution in [3.63, 3.8) is 0 Å². The van der Waals surface area contributed by atoms with Gasteiger partial charge in [0.1, 0.15) is 5.82 Å². The lowest BCUT2D eigenvalue weighted by Crippen LogP contribution is -2.24. The minimum atomic E-state index is -0.0801. The predicted octanol–water partition coefficient (Wildman–Crippen LogP) is 3.56. The molecule has 0 bridgehead atoms. The molecule has 0 aliphatic heterocycles. The first-order valence-corrected chi connectivity index (χ1v) is 7.85. The van der Waals surface area contributed by atoms with Gasteiger partial charge in [0, 0.05) is 25.2 Å². The van der Waals surface area contributed by atoms with Crippen molar-refractivity contribution < 1.29 is 4.39 Å². The van der Waals surface area contributed by atoms with Crippen molar-refractivity contribution in [2.24, 2.45) is 5.92 Å². The molecule has 0 atom stereocenters. The third-order valence-electron chi connectivity index (χ3n) is 4.17. The summed E-state index contributed by atoms with van der Waals surface area (Å²) in [4.78, 5) is 2.27. The van der Waals surface area contributed by atoms with Crippen molar-refractivity contribution in [1.82, 2.24) is 10.2 Å². The molecule has 1 aliphatic carbocycles. The fraction of sp³-hybridized carbons (Fsp3) is 0.647. The fourth-order valence-electron chi connectivity index (χ4n) is 3.12. The summed E-state index contributed by atoms with van der Waals surface area (Å²) in [5.41, 5.74) is 1.98. The predicted molar refractivity (Wildman–Crippen MR) is 82.1 cm³/mol. The van der Waals surface area contributed by atoms with E-state index in [1.54, 1.807) is 6.07 Å². The van der Waals surface area contributed by atoms with E-state index in [4.69, 9.17) is 0 Å². The molecular formula is C17H27FN2. The molecule has 0 unspecified atom stereocenters. The largest absolute Gasteiger partial charge is 0.313 e. The van der Waals surface area contributed by atoms with Gasteiger partial charge >= 0.3 is 0 Å². The summed E-state index contributed by atoms with van der Waals surface area (Å²) in [5.74, 6) is 0.733. The van der Waals surface area contributed by atoms with Gasteiger partial charge in [0.25, 0.3) is 0 Å². The topological polar surface area (TPSA) is 15.3 Å². The van der Waals surface area contributed by atoms with E-state index >= 15 is 0 Å². The van der Waals surface area contributed by atoms with Gasteiger partial charge in [-0.15, -0.1) is 0 Å². The first kappa shape index (κ1) is 15.5. The Morgan fingerprint density at radius 2 is 2.05 bits per heavy atom. The first-order valence-electron chi connectivity index (χ1n) is 7.85. The lowest BCUT2D eigenvalue weighted by molar-refractivity contribution is 0.268. The van der Waals surface area contributed by atoms with Crippen molar-refractivity contribution >= 4 is 0 Å². The summed E-state index contributed by atoms with van der Waals surface area (Å²) in [6.07, 6.45) is 5.41. The zero-order valence-corrected chi connectivity index (χ0v) is 12.8. The number of benzene rings is 1. The number of rotatable bonds is 7. The average molecular weight is 278 g/mol. The van der Waals surface area contributed by atoms with Crippen LogP contribution in [0.15, 0.2) is 18.2 Å². The molecule has 2 nitrogen and oxygen atoms in total. The Balaban J connectivity index is 1.92. The van der Waals surface area contributed by atoms with Gasteiger partial charge in [0.15, 0.2) is 0 Å². The SMILES string of the molecule is CCNCc1ccc(F)c(CN(C)CC2CCCC2)c1. The van der Waals surface area contributed by atoms with Crippen LogP contribution < -0.4 is 5.32 Å². The molecule has 0 spiro atoms. The molecule has 0 heterocycles. The Hall–Kier alpha value is -0.930. The number of halogens is 1. The molecule has 0 saturated heterocycles. The van der Waals surface area contributed by atoms with Crippen molar-refractivity contribution in [2.45, 2.75) is 45.7 Å². The highest BCUT2D eigenvalue weighted by molar-refractivity contribution is 5.25. The molecule has 1 fully saturated rings. The van der Waals surface area contributed by atoms with Crippen molar-refractivity contribution in [3.8, 4) is 0 Å². The lowest BCUT2D eigenvalue weighted by Gasteiger charge is -2.21. The summed E-state index contributed by atoms with van der Waals surface area (Å²) in [6.45, 7) is 5.64. The maximum absolute atomic E-state index is 13.9. The zero-order valence-electron chi connectivity index (χ0n) is 12.8. The molecule has 1 aromatic rings. The number of nitrogens with one attached hydrogen (secondary N) is 1. The molecule has 0 aromatic heterocycles. The molecular weight excluding hydrogens is 251 g/mol. The maximum Gasteiger partial charge on any atom is 0.127 e. The molecule has 3 heteroatoms. The van der Waals surface area contributed by atoms with E-state index < -0.39 is 0 Å². The Labute approximate surface area is 122 Å². The normalized spacial score (nSPS) is 16.2. The van der Waals surface area contributed by atoms with Gasteiger partial charge in [-0.05, 0) is 44.0 Å². The zero-order chi connectivity index (χ0) is 14.4. The van der Waals surface area contributed by atoms with Gasteiger partial charge in [0.2, 0.25) is 0 Å². The third-order valence-corrected chi connectivity index (χ3v) is 4.17. The quantitative estimate of drug-likeness (QED) is 0.820. The monoisotopic (exact) mass is 278 g/mol. The molecule has 0 radical (unpaired) electrons. The second-order valence-electron chi connectivity index (χ2n) is 6.05. The van der Waals surface area contributed by atoms with Crippen LogP contribution in [0.2, 0.25) is 0 Å². The van der Waals surface area contributed by atoms with E-state index in [2.05, 4.69) is 24.2 Å². The van der Waals surface area contributed by atoms with Crippen LogP contribution >= 0.6 is 0 Å². The number of nitrogens with zero attached hydrogens (tertiary/aromatic N) is 1. The second-order valence-corrected chi connectivity index (χ2v) is 6.05. The van der Waals surface area contributed by atoms with Gasteiger partial charge < -0.3 is 10.2 Å². The summed E-state index contributed by atoms with van der Waals surface area (Å²) < 4.78 is 13.9. The van der Waals surface area contributed by atoms with E-state index in [0.717, 1.165) is 36.7 Å². The van der Waals surface area contributed by atoms with Crippen LogP contribution in [0.4, 0.5) is 4.39 Å². The average Bonchev–Trinajstić information content (AvgIpc) is 2.92. The molecule has 1 saturated carbocycles. The Bertz CT molecular complexity index is 413. The van der Waals surface area contributed by atoms with Crippen LogP contribution in [-0.4, -0.2) is 25.0 Å². The number of hydrogen-bond donors (Lipinski definition) is 1. The van der Waals surface area contributed by atoms with Crippen LogP contribution in [0, 0.1) is 11.7 Å². The summed E-state index contributed by atoms with van der Waals surface area (Å²) >= 11 is 0.